The summed E-state index contributed by atoms with van der Waals surface area (Å²) in [6.07, 6.45) is -6.69. The molecule has 0 saturated carbocycles. The molecule has 0 bridgehead atoms. The van der Waals surface area contributed by atoms with Crippen LogP contribution in [0.15, 0.2) is 18.2 Å². The second-order valence-corrected chi connectivity index (χ2v) is 4.17. The first-order valence-electron chi connectivity index (χ1n) is 5.59. The Labute approximate surface area is 115 Å². The van der Waals surface area contributed by atoms with E-state index < -0.39 is 35.8 Å². The van der Waals surface area contributed by atoms with Crippen molar-refractivity contribution in [1.82, 2.24) is 5.32 Å². The van der Waals surface area contributed by atoms with E-state index >= 15 is 0 Å². The summed E-state index contributed by atoms with van der Waals surface area (Å²) < 4.78 is 40.6. The Kier molecular flexibility index (Phi) is 3.64. The fraction of sp³-hybridized carbons (Fsp3) is 0.273. The number of hydrogen-bond donors (Lipinski definition) is 3. The third-order valence-corrected chi connectivity index (χ3v) is 2.75. The van der Waals surface area contributed by atoms with E-state index in [-0.39, 0.29) is 17.0 Å². The molecule has 7 nitrogen and oxygen atoms in total. The number of fused-ring (bicyclic) bond motifs is 1. The van der Waals surface area contributed by atoms with E-state index in [0.717, 1.165) is 6.07 Å². The Balaban J connectivity index is 2.39. The van der Waals surface area contributed by atoms with Crippen LogP contribution in [0, 0.1) is 0 Å². The molecule has 2 amide bonds. The molecule has 0 aliphatic carbocycles. The largest absolute Gasteiger partial charge is 0.573 e. The van der Waals surface area contributed by atoms with Gasteiger partial charge in [-0.2, -0.15) is 5.06 Å². The van der Waals surface area contributed by atoms with Gasteiger partial charge >= 0.3 is 12.5 Å². The number of carbonyl (C=O) groups excluding carboxylic acids is 1. The maximum atomic E-state index is 12.3. The van der Waals surface area contributed by atoms with Crippen LogP contribution in [0.2, 0.25) is 0 Å². The highest BCUT2D eigenvalue weighted by Gasteiger charge is 2.38. The standard InChI is InChI=1S/C11H9F3N2O5/c12-11(13,14)21-7-3-1-2-5-4-6(15-10(18)19)9(17)16(20)8(5)7/h1-3,6,15,20H,4H2,(H,18,19)/t6-/m0/s1. The van der Waals surface area contributed by atoms with Gasteiger partial charge in [-0.05, 0) is 11.6 Å². The van der Waals surface area contributed by atoms with E-state index in [1.165, 1.54) is 12.1 Å². The molecule has 1 aliphatic heterocycles. The van der Waals surface area contributed by atoms with E-state index in [1.807, 2.05) is 5.32 Å². The molecule has 1 aromatic carbocycles. The topological polar surface area (TPSA) is 99.1 Å². The molecule has 0 fully saturated rings. The normalized spacial score (nSPS) is 18.2. The molecule has 1 heterocycles. The number of para-hydroxylation sites is 1. The summed E-state index contributed by atoms with van der Waals surface area (Å²) in [4.78, 5) is 22.3. The second kappa shape index (κ2) is 5.13. The van der Waals surface area contributed by atoms with Gasteiger partial charge in [-0.25, -0.2) is 4.79 Å². The molecule has 0 spiro atoms. The average Bonchev–Trinajstić information content (AvgIpc) is 2.33. The summed E-state index contributed by atoms with van der Waals surface area (Å²) in [7, 11) is 0. The van der Waals surface area contributed by atoms with Gasteiger partial charge in [0.15, 0.2) is 5.75 Å². The van der Waals surface area contributed by atoms with Crippen LogP contribution in [0.5, 0.6) is 5.75 Å². The minimum absolute atomic E-state index is 0.0412. The number of amides is 2. The van der Waals surface area contributed by atoms with E-state index in [0.29, 0.717) is 0 Å². The predicted molar refractivity (Wildman–Crippen MR) is 61.1 cm³/mol. The number of hydroxylamine groups is 1. The van der Waals surface area contributed by atoms with Crippen molar-refractivity contribution < 1.29 is 37.8 Å². The fourth-order valence-corrected chi connectivity index (χ4v) is 2.01. The minimum atomic E-state index is -4.99. The van der Waals surface area contributed by atoms with Gasteiger partial charge in [0.2, 0.25) is 0 Å². The van der Waals surface area contributed by atoms with Crippen molar-refractivity contribution in [2.75, 3.05) is 5.06 Å². The van der Waals surface area contributed by atoms with Crippen molar-refractivity contribution in [3.8, 4) is 5.75 Å². The molecule has 21 heavy (non-hydrogen) atoms. The summed E-state index contributed by atoms with van der Waals surface area (Å²) in [6, 6.07) is 2.24. The minimum Gasteiger partial charge on any atom is -0.465 e. The maximum absolute atomic E-state index is 12.3. The quantitative estimate of drug-likeness (QED) is 0.719. The molecule has 1 aromatic rings. The molecule has 2 rings (SSSR count). The number of carbonyl (C=O) groups is 2. The molecule has 1 atom stereocenters. The van der Waals surface area contributed by atoms with Gasteiger partial charge in [0.1, 0.15) is 11.7 Å². The molecule has 114 valence electrons. The number of alkyl halides is 3. The number of hydrogen-bond acceptors (Lipinski definition) is 4. The number of rotatable bonds is 2. The monoisotopic (exact) mass is 306 g/mol. The predicted octanol–water partition coefficient (Wildman–Crippen LogP) is 1.50. The first-order valence-corrected chi connectivity index (χ1v) is 5.59. The lowest BCUT2D eigenvalue weighted by Crippen LogP contribution is -2.51. The summed E-state index contributed by atoms with van der Waals surface area (Å²) in [5.74, 6) is -1.84. The molecule has 1 aliphatic rings. The Bertz CT molecular complexity index is 590. The second-order valence-electron chi connectivity index (χ2n) is 4.17. The lowest BCUT2D eigenvalue weighted by atomic mass is 9.98. The lowest BCUT2D eigenvalue weighted by Gasteiger charge is -2.30. The van der Waals surface area contributed by atoms with Gasteiger partial charge in [0.25, 0.3) is 5.91 Å². The molecular formula is C11H9F3N2O5. The molecular weight excluding hydrogens is 297 g/mol. The molecule has 0 radical (unpaired) electrons. The van der Waals surface area contributed by atoms with E-state index in [1.54, 1.807) is 0 Å². The van der Waals surface area contributed by atoms with Crippen LogP contribution in [0.3, 0.4) is 0 Å². The van der Waals surface area contributed by atoms with Gasteiger partial charge < -0.3 is 15.2 Å². The van der Waals surface area contributed by atoms with Crippen LogP contribution in [-0.2, 0) is 11.2 Å². The SMILES string of the molecule is O=C(O)N[C@H]1Cc2cccc(OC(F)(F)F)c2N(O)C1=O. The van der Waals surface area contributed by atoms with Crippen molar-refractivity contribution in [2.24, 2.45) is 0 Å². The van der Waals surface area contributed by atoms with Crippen molar-refractivity contribution >= 4 is 17.7 Å². The maximum Gasteiger partial charge on any atom is 0.573 e. The zero-order chi connectivity index (χ0) is 15.8. The first-order chi connectivity index (χ1) is 9.69. The van der Waals surface area contributed by atoms with E-state index in [2.05, 4.69) is 4.74 Å². The Morgan fingerprint density at radius 2 is 2.10 bits per heavy atom. The zero-order valence-electron chi connectivity index (χ0n) is 10.2. The van der Waals surface area contributed by atoms with Crippen LogP contribution in [0.25, 0.3) is 0 Å². The molecule has 10 heteroatoms. The number of benzene rings is 1. The third-order valence-electron chi connectivity index (χ3n) is 2.75. The highest BCUT2D eigenvalue weighted by molar-refractivity contribution is 6.00. The summed E-state index contributed by atoms with van der Waals surface area (Å²) in [5.41, 5.74) is -0.319. The Morgan fingerprint density at radius 3 is 2.67 bits per heavy atom. The van der Waals surface area contributed by atoms with Gasteiger partial charge in [-0.3, -0.25) is 10.0 Å². The summed E-state index contributed by atoms with van der Waals surface area (Å²) >= 11 is 0. The van der Waals surface area contributed by atoms with Crippen molar-refractivity contribution in [3.05, 3.63) is 23.8 Å². The Hall–Kier alpha value is -2.49. The van der Waals surface area contributed by atoms with Gasteiger partial charge in [-0.1, -0.05) is 12.1 Å². The van der Waals surface area contributed by atoms with Crippen LogP contribution in [-0.4, -0.2) is 34.7 Å². The molecule has 0 saturated heterocycles. The number of carboxylic acid groups (broad SMARTS) is 1. The van der Waals surface area contributed by atoms with E-state index in [9.17, 15) is 28.0 Å². The lowest BCUT2D eigenvalue weighted by molar-refractivity contribution is -0.274. The number of nitrogens with zero attached hydrogens (tertiary/aromatic N) is 1. The summed E-state index contributed by atoms with van der Waals surface area (Å²) in [6.45, 7) is 0. The fourth-order valence-electron chi connectivity index (χ4n) is 2.01. The Morgan fingerprint density at radius 1 is 1.43 bits per heavy atom. The van der Waals surface area contributed by atoms with Gasteiger partial charge in [0, 0.05) is 6.42 Å². The van der Waals surface area contributed by atoms with Crippen molar-refractivity contribution in [1.29, 1.82) is 0 Å². The van der Waals surface area contributed by atoms with Crippen LogP contribution >= 0.6 is 0 Å². The first kappa shape index (κ1) is 14.9. The number of anilines is 1. The van der Waals surface area contributed by atoms with Crippen molar-refractivity contribution in [2.45, 2.75) is 18.8 Å². The third kappa shape index (κ3) is 3.16. The smallest absolute Gasteiger partial charge is 0.465 e. The highest BCUT2D eigenvalue weighted by Crippen LogP contribution is 2.38. The van der Waals surface area contributed by atoms with Gasteiger partial charge in [0.05, 0.1) is 0 Å². The highest BCUT2D eigenvalue weighted by atomic mass is 19.4. The van der Waals surface area contributed by atoms with Crippen LogP contribution in [0.4, 0.5) is 23.7 Å². The van der Waals surface area contributed by atoms with Crippen LogP contribution < -0.4 is 15.1 Å². The van der Waals surface area contributed by atoms with E-state index in [4.69, 9.17) is 5.11 Å². The molecule has 3 N–H and O–H groups in total. The van der Waals surface area contributed by atoms with Crippen molar-refractivity contribution in [3.63, 3.8) is 0 Å². The number of halogens is 3. The number of nitrogens with one attached hydrogen (secondary N) is 1. The zero-order valence-corrected chi connectivity index (χ0v) is 10.2. The average molecular weight is 306 g/mol. The molecule has 0 unspecified atom stereocenters. The molecule has 0 aromatic heterocycles. The summed E-state index contributed by atoms with van der Waals surface area (Å²) in [5, 5.41) is 20.1. The van der Waals surface area contributed by atoms with Crippen LogP contribution in [0.1, 0.15) is 5.56 Å². The van der Waals surface area contributed by atoms with Gasteiger partial charge in [-0.15, -0.1) is 13.2 Å². The number of ether oxygens (including phenoxy) is 1.